The lowest BCUT2D eigenvalue weighted by molar-refractivity contribution is 0.0612. The van der Waals surface area contributed by atoms with Crippen LogP contribution >= 0.6 is 0 Å². The number of hydrogen-bond donors (Lipinski definition) is 1. The summed E-state index contributed by atoms with van der Waals surface area (Å²) in [7, 11) is 3.29. The lowest BCUT2D eigenvalue weighted by Crippen LogP contribution is -2.37. The highest BCUT2D eigenvalue weighted by Crippen LogP contribution is 2.31. The van der Waals surface area contributed by atoms with Crippen molar-refractivity contribution in [3.8, 4) is 17.2 Å². The van der Waals surface area contributed by atoms with Crippen molar-refractivity contribution in [2.24, 2.45) is 5.92 Å². The normalized spacial score (nSPS) is 12.3. The Morgan fingerprint density at radius 1 is 0.926 bits per heavy atom. The molecule has 0 aliphatic heterocycles. The summed E-state index contributed by atoms with van der Waals surface area (Å²) < 4.78 is 16.6. The molecule has 148 valence electrons. The van der Waals surface area contributed by atoms with E-state index >= 15 is 0 Å². The predicted molar refractivity (Wildman–Crippen MR) is 108 cm³/mol. The molecule has 0 bridgehead atoms. The van der Waals surface area contributed by atoms with Gasteiger partial charge in [0.1, 0.15) is 18.5 Å². The molecule has 0 fully saturated rings. The Morgan fingerprint density at radius 3 is 2.30 bits per heavy atom. The highest BCUT2D eigenvalue weighted by atomic mass is 16.5. The van der Waals surface area contributed by atoms with Crippen molar-refractivity contribution in [1.82, 2.24) is 4.90 Å². The van der Waals surface area contributed by atoms with Crippen LogP contribution in [-0.4, -0.2) is 50.0 Å². The summed E-state index contributed by atoms with van der Waals surface area (Å²) in [5.74, 6) is 2.70. The maximum absolute atomic E-state index is 10.5. The van der Waals surface area contributed by atoms with E-state index in [0.29, 0.717) is 24.8 Å². The van der Waals surface area contributed by atoms with E-state index in [1.165, 1.54) is 0 Å². The van der Waals surface area contributed by atoms with Gasteiger partial charge in [-0.25, -0.2) is 0 Å². The van der Waals surface area contributed by atoms with Crippen molar-refractivity contribution < 1.29 is 19.3 Å². The highest BCUT2D eigenvalue weighted by Gasteiger charge is 2.18. The van der Waals surface area contributed by atoms with Crippen LogP contribution < -0.4 is 14.2 Å². The number of methoxy groups -OCH3 is 2. The Balaban J connectivity index is 2.02. The summed E-state index contributed by atoms with van der Waals surface area (Å²) in [6.45, 7) is 6.65. The smallest absolute Gasteiger partial charge is 0.165 e. The molecule has 27 heavy (non-hydrogen) atoms. The summed E-state index contributed by atoms with van der Waals surface area (Å²) in [6.07, 6.45) is -0.583. The Hall–Kier alpha value is -2.24. The van der Waals surface area contributed by atoms with Crippen LogP contribution in [-0.2, 0) is 6.54 Å². The van der Waals surface area contributed by atoms with Gasteiger partial charge in [-0.05, 0) is 24.1 Å². The number of para-hydroxylation sites is 2. The average Bonchev–Trinajstić information content (AvgIpc) is 2.66. The minimum Gasteiger partial charge on any atom is -0.493 e. The van der Waals surface area contributed by atoms with E-state index in [-0.39, 0.29) is 6.61 Å². The fraction of sp³-hybridized carbons (Fsp3) is 0.455. The molecular weight excluding hydrogens is 342 g/mol. The first-order valence-electron chi connectivity index (χ1n) is 9.31. The third kappa shape index (κ3) is 6.77. The van der Waals surface area contributed by atoms with Crippen LogP contribution in [0, 0.1) is 5.92 Å². The van der Waals surface area contributed by atoms with Crippen molar-refractivity contribution in [3.63, 3.8) is 0 Å². The van der Waals surface area contributed by atoms with Crippen LogP contribution in [0.15, 0.2) is 48.5 Å². The van der Waals surface area contributed by atoms with Crippen LogP contribution in [0.3, 0.4) is 0 Å². The van der Waals surface area contributed by atoms with Gasteiger partial charge in [0, 0.05) is 25.2 Å². The first-order valence-corrected chi connectivity index (χ1v) is 9.31. The number of hydrogen-bond acceptors (Lipinski definition) is 5. The quantitative estimate of drug-likeness (QED) is 0.652. The maximum atomic E-state index is 10.5. The van der Waals surface area contributed by atoms with Crippen molar-refractivity contribution in [3.05, 3.63) is 54.1 Å². The van der Waals surface area contributed by atoms with Gasteiger partial charge in [-0.15, -0.1) is 0 Å². The van der Waals surface area contributed by atoms with Crippen LogP contribution in [0.1, 0.15) is 19.4 Å². The zero-order valence-corrected chi connectivity index (χ0v) is 16.7. The second-order valence-corrected chi connectivity index (χ2v) is 7.02. The van der Waals surface area contributed by atoms with Crippen LogP contribution in [0.5, 0.6) is 17.2 Å². The molecule has 0 aliphatic carbocycles. The number of aliphatic hydroxyl groups excluding tert-OH is 1. The summed E-state index contributed by atoms with van der Waals surface area (Å²) in [4.78, 5) is 2.22. The van der Waals surface area contributed by atoms with E-state index in [2.05, 4.69) is 18.7 Å². The van der Waals surface area contributed by atoms with Crippen molar-refractivity contribution in [2.45, 2.75) is 26.5 Å². The first-order chi connectivity index (χ1) is 13.0. The highest BCUT2D eigenvalue weighted by molar-refractivity contribution is 5.46. The van der Waals surface area contributed by atoms with Gasteiger partial charge < -0.3 is 19.3 Å². The summed E-state index contributed by atoms with van der Waals surface area (Å²) in [5.41, 5.74) is 1.04. The Labute approximate surface area is 162 Å². The van der Waals surface area contributed by atoms with Crippen LogP contribution in [0.2, 0.25) is 0 Å². The van der Waals surface area contributed by atoms with Crippen LogP contribution in [0.25, 0.3) is 0 Å². The fourth-order valence-electron chi connectivity index (χ4n) is 3.10. The van der Waals surface area contributed by atoms with Gasteiger partial charge in [0.15, 0.2) is 11.5 Å². The van der Waals surface area contributed by atoms with E-state index in [0.717, 1.165) is 23.6 Å². The van der Waals surface area contributed by atoms with E-state index in [9.17, 15) is 5.11 Å². The van der Waals surface area contributed by atoms with E-state index in [1.807, 2.05) is 48.5 Å². The Kier molecular flexibility index (Phi) is 8.43. The molecule has 2 aromatic rings. The molecule has 0 unspecified atom stereocenters. The summed E-state index contributed by atoms with van der Waals surface area (Å²) >= 11 is 0. The maximum Gasteiger partial charge on any atom is 0.165 e. The summed E-state index contributed by atoms with van der Waals surface area (Å²) in [6, 6.07) is 15.4. The zero-order valence-electron chi connectivity index (χ0n) is 16.7. The Bertz CT molecular complexity index is 675. The molecule has 0 aromatic heterocycles. The van der Waals surface area contributed by atoms with Gasteiger partial charge in [-0.2, -0.15) is 0 Å². The van der Waals surface area contributed by atoms with Gasteiger partial charge in [-0.1, -0.05) is 44.2 Å². The molecule has 5 heteroatoms. The first kappa shape index (κ1) is 21.1. The molecule has 5 nitrogen and oxygen atoms in total. The molecule has 0 aliphatic rings. The molecular formula is C22H31NO4. The number of aliphatic hydroxyl groups is 1. The fourth-order valence-corrected chi connectivity index (χ4v) is 3.10. The molecule has 0 radical (unpaired) electrons. The standard InChI is InChI=1S/C22H31NO4/c1-17(2)13-23(14-18-9-8-12-21(25-3)22(18)26-4)15-19(24)16-27-20-10-6-5-7-11-20/h5-12,17,19,24H,13-16H2,1-4H3/t19-/m0/s1. The van der Waals surface area contributed by atoms with Crippen molar-refractivity contribution in [2.75, 3.05) is 33.9 Å². The molecule has 2 aromatic carbocycles. The minimum absolute atomic E-state index is 0.258. The topological polar surface area (TPSA) is 51.2 Å². The molecule has 1 N–H and O–H groups in total. The lowest BCUT2D eigenvalue weighted by Gasteiger charge is -2.27. The number of benzene rings is 2. The molecule has 0 saturated heterocycles. The lowest BCUT2D eigenvalue weighted by atomic mass is 10.1. The largest absolute Gasteiger partial charge is 0.493 e. The Morgan fingerprint density at radius 2 is 1.67 bits per heavy atom. The van der Waals surface area contributed by atoms with Gasteiger partial charge in [0.05, 0.1) is 14.2 Å². The van der Waals surface area contributed by atoms with Gasteiger partial charge in [0.25, 0.3) is 0 Å². The second-order valence-electron chi connectivity index (χ2n) is 7.02. The summed E-state index contributed by atoms with van der Waals surface area (Å²) in [5, 5.41) is 10.5. The third-order valence-corrected chi connectivity index (χ3v) is 4.16. The monoisotopic (exact) mass is 373 g/mol. The second kappa shape index (κ2) is 10.8. The molecule has 0 amide bonds. The predicted octanol–water partition coefficient (Wildman–Crippen LogP) is 3.60. The van der Waals surface area contributed by atoms with E-state index < -0.39 is 6.10 Å². The van der Waals surface area contributed by atoms with E-state index in [1.54, 1.807) is 14.2 Å². The molecule has 0 spiro atoms. The number of nitrogens with zero attached hydrogens (tertiary/aromatic N) is 1. The molecule has 0 heterocycles. The number of ether oxygens (including phenoxy) is 3. The third-order valence-electron chi connectivity index (χ3n) is 4.16. The van der Waals surface area contributed by atoms with Crippen LogP contribution in [0.4, 0.5) is 0 Å². The molecule has 0 saturated carbocycles. The average molecular weight is 373 g/mol. The van der Waals surface area contributed by atoms with Gasteiger partial charge in [0.2, 0.25) is 0 Å². The van der Waals surface area contributed by atoms with Gasteiger partial charge >= 0.3 is 0 Å². The van der Waals surface area contributed by atoms with Crippen molar-refractivity contribution >= 4 is 0 Å². The zero-order chi connectivity index (χ0) is 19.6. The number of rotatable bonds is 11. The van der Waals surface area contributed by atoms with E-state index in [4.69, 9.17) is 14.2 Å². The molecule has 1 atom stereocenters. The molecule has 2 rings (SSSR count). The SMILES string of the molecule is COc1cccc(CN(CC(C)C)C[C@H](O)COc2ccccc2)c1OC. The minimum atomic E-state index is -0.583. The van der Waals surface area contributed by atoms with Gasteiger partial charge in [-0.3, -0.25) is 4.90 Å². The van der Waals surface area contributed by atoms with Crippen molar-refractivity contribution in [1.29, 1.82) is 0 Å².